The Bertz CT molecular complexity index is 662. The van der Waals surface area contributed by atoms with E-state index < -0.39 is 0 Å². The maximum atomic E-state index is 11.9. The van der Waals surface area contributed by atoms with E-state index in [9.17, 15) is 4.79 Å². The molecule has 0 spiro atoms. The summed E-state index contributed by atoms with van der Waals surface area (Å²) in [4.78, 5) is 11.9. The molecule has 0 aliphatic rings. The molecule has 2 rings (SSSR count). The Morgan fingerprint density at radius 2 is 2.26 bits per heavy atom. The van der Waals surface area contributed by atoms with Crippen molar-refractivity contribution in [2.24, 2.45) is 5.73 Å². The predicted octanol–water partition coefficient (Wildman–Crippen LogP) is 3.22. The van der Waals surface area contributed by atoms with Crippen LogP contribution in [0.2, 0.25) is 5.02 Å². The van der Waals surface area contributed by atoms with Gasteiger partial charge in [-0.05, 0) is 18.2 Å². The van der Waals surface area contributed by atoms with Crippen LogP contribution in [-0.2, 0) is 9.53 Å². The minimum atomic E-state index is -0.307. The monoisotopic (exact) mass is 422 g/mol. The van der Waals surface area contributed by atoms with Crippen molar-refractivity contribution in [2.45, 2.75) is 12.5 Å². The number of aromatic amines is 1. The summed E-state index contributed by atoms with van der Waals surface area (Å²) < 4.78 is 5.98. The van der Waals surface area contributed by atoms with Gasteiger partial charge in [0.25, 0.3) is 0 Å². The maximum absolute atomic E-state index is 11.9. The van der Waals surface area contributed by atoms with Crippen LogP contribution < -0.4 is 11.1 Å². The van der Waals surface area contributed by atoms with Crippen LogP contribution in [0.4, 0.5) is 5.82 Å². The molecule has 0 bridgehead atoms. The average molecular weight is 424 g/mol. The maximum Gasteiger partial charge on any atom is 0.228 e. The molecule has 126 valence electrons. The quantitative estimate of drug-likeness (QED) is 0.664. The van der Waals surface area contributed by atoms with E-state index in [1.54, 1.807) is 12.1 Å². The van der Waals surface area contributed by atoms with Gasteiger partial charge in [-0.1, -0.05) is 27.5 Å². The molecule has 6 nitrogen and oxygen atoms in total. The van der Waals surface area contributed by atoms with Gasteiger partial charge in [-0.15, -0.1) is 12.4 Å². The lowest BCUT2D eigenvalue weighted by atomic mass is 10.1. The van der Waals surface area contributed by atoms with Crippen molar-refractivity contribution >= 4 is 51.7 Å². The summed E-state index contributed by atoms with van der Waals surface area (Å²) >= 11 is 9.56. The summed E-state index contributed by atoms with van der Waals surface area (Å²) in [7, 11) is 1.52. The molecule has 0 fully saturated rings. The fraction of sp³-hybridized carbons (Fsp3) is 0.286. The minimum absolute atomic E-state index is 0. The number of hydrogen-bond donors (Lipinski definition) is 3. The van der Waals surface area contributed by atoms with Crippen LogP contribution in [-0.4, -0.2) is 35.9 Å². The Hall–Kier alpha value is -1.12. The zero-order valence-electron chi connectivity index (χ0n) is 12.3. The van der Waals surface area contributed by atoms with E-state index in [1.165, 1.54) is 7.11 Å². The first-order chi connectivity index (χ1) is 10.5. The summed E-state index contributed by atoms with van der Waals surface area (Å²) in [5, 5.41) is 10.2. The fourth-order valence-electron chi connectivity index (χ4n) is 1.89. The minimum Gasteiger partial charge on any atom is -0.380 e. The molecule has 2 aromatic rings. The van der Waals surface area contributed by atoms with E-state index in [2.05, 4.69) is 31.4 Å². The molecule has 0 saturated carbocycles. The highest BCUT2D eigenvalue weighted by molar-refractivity contribution is 9.10. The number of anilines is 1. The predicted molar refractivity (Wildman–Crippen MR) is 97.1 cm³/mol. The van der Waals surface area contributed by atoms with E-state index in [4.69, 9.17) is 22.1 Å². The summed E-state index contributed by atoms with van der Waals surface area (Å²) in [6.07, 6.45) is -0.134. The zero-order valence-corrected chi connectivity index (χ0v) is 15.5. The largest absolute Gasteiger partial charge is 0.380 e. The molecule has 1 amide bonds. The average Bonchev–Trinajstić information content (AvgIpc) is 2.95. The van der Waals surface area contributed by atoms with Gasteiger partial charge in [-0.3, -0.25) is 9.89 Å². The van der Waals surface area contributed by atoms with E-state index in [0.29, 0.717) is 16.5 Å². The van der Waals surface area contributed by atoms with Crippen molar-refractivity contribution < 1.29 is 9.53 Å². The highest BCUT2D eigenvalue weighted by Crippen LogP contribution is 2.30. The molecule has 0 saturated heterocycles. The molecule has 1 unspecified atom stereocenters. The number of amides is 1. The first-order valence-electron chi connectivity index (χ1n) is 6.57. The second kappa shape index (κ2) is 9.24. The molecule has 4 N–H and O–H groups in total. The van der Waals surface area contributed by atoms with Crippen molar-refractivity contribution in [1.82, 2.24) is 10.2 Å². The normalized spacial score (nSPS) is 11.7. The summed E-state index contributed by atoms with van der Waals surface area (Å²) in [6, 6.07) is 7.22. The zero-order chi connectivity index (χ0) is 16.1. The second-order valence-electron chi connectivity index (χ2n) is 4.64. The van der Waals surface area contributed by atoms with E-state index in [-0.39, 0.29) is 37.4 Å². The van der Waals surface area contributed by atoms with Gasteiger partial charge in [-0.2, -0.15) is 5.10 Å². The van der Waals surface area contributed by atoms with Crippen molar-refractivity contribution in [1.29, 1.82) is 0 Å². The number of carbonyl (C=O) groups is 1. The number of methoxy groups -OCH3 is 1. The van der Waals surface area contributed by atoms with E-state index in [0.717, 1.165) is 10.0 Å². The smallest absolute Gasteiger partial charge is 0.228 e. The van der Waals surface area contributed by atoms with Gasteiger partial charge in [0.2, 0.25) is 5.91 Å². The SMILES string of the molecule is COC(CN)CC(=O)Nc1cc(-c2cc(Br)ccc2Cl)[nH]n1.Cl. The van der Waals surface area contributed by atoms with Crippen molar-refractivity contribution in [3.8, 4) is 11.3 Å². The van der Waals surface area contributed by atoms with Gasteiger partial charge in [-0.25, -0.2) is 0 Å². The number of nitrogens with one attached hydrogen (secondary N) is 2. The Labute approximate surface area is 153 Å². The number of carbonyl (C=O) groups excluding carboxylic acids is 1. The Morgan fingerprint density at radius 1 is 1.52 bits per heavy atom. The Morgan fingerprint density at radius 3 is 2.91 bits per heavy atom. The standard InChI is InChI=1S/C14H16BrClN4O2.ClH/c1-22-9(7-17)5-14(21)18-13-6-12(19-20-13)10-4-8(15)2-3-11(10)16;/h2-4,6,9H,5,7,17H2,1H3,(H2,18,19,20,21);1H. The van der Waals surface area contributed by atoms with Gasteiger partial charge in [0.1, 0.15) is 0 Å². The number of ether oxygens (including phenoxy) is 1. The van der Waals surface area contributed by atoms with Crippen LogP contribution in [0.15, 0.2) is 28.7 Å². The highest BCUT2D eigenvalue weighted by Gasteiger charge is 2.14. The van der Waals surface area contributed by atoms with Crippen molar-refractivity contribution in [3.63, 3.8) is 0 Å². The number of aromatic nitrogens is 2. The van der Waals surface area contributed by atoms with Crippen LogP contribution >= 0.6 is 39.9 Å². The van der Waals surface area contributed by atoms with Crippen LogP contribution in [0, 0.1) is 0 Å². The lowest BCUT2D eigenvalue weighted by Crippen LogP contribution is -2.28. The first-order valence-corrected chi connectivity index (χ1v) is 7.74. The number of hydrogen-bond acceptors (Lipinski definition) is 4. The second-order valence-corrected chi connectivity index (χ2v) is 5.96. The van der Waals surface area contributed by atoms with Gasteiger partial charge in [0.05, 0.1) is 23.2 Å². The van der Waals surface area contributed by atoms with Crippen molar-refractivity contribution in [2.75, 3.05) is 19.0 Å². The summed E-state index contributed by atoms with van der Waals surface area (Å²) in [5.74, 6) is 0.207. The Balaban J connectivity index is 0.00000264. The lowest BCUT2D eigenvalue weighted by Gasteiger charge is -2.11. The third-order valence-electron chi connectivity index (χ3n) is 3.07. The molecular formula is C14H17BrCl2N4O2. The first kappa shape index (κ1) is 19.9. The van der Waals surface area contributed by atoms with E-state index >= 15 is 0 Å². The molecule has 1 atom stereocenters. The molecule has 1 heterocycles. The topological polar surface area (TPSA) is 93.0 Å². The number of rotatable bonds is 6. The van der Waals surface area contributed by atoms with Crippen LogP contribution in [0.3, 0.4) is 0 Å². The van der Waals surface area contributed by atoms with E-state index in [1.807, 2.05) is 12.1 Å². The number of nitrogens with two attached hydrogens (primary N) is 1. The molecular weight excluding hydrogens is 407 g/mol. The molecule has 0 radical (unpaired) electrons. The molecule has 9 heteroatoms. The molecule has 0 aliphatic heterocycles. The number of H-pyrrole nitrogens is 1. The molecule has 23 heavy (non-hydrogen) atoms. The van der Waals surface area contributed by atoms with Crippen LogP contribution in [0.1, 0.15) is 6.42 Å². The number of nitrogens with zero attached hydrogens (tertiary/aromatic N) is 1. The number of halogens is 3. The number of benzene rings is 1. The van der Waals surface area contributed by atoms with Gasteiger partial charge < -0.3 is 15.8 Å². The molecule has 1 aromatic carbocycles. The third-order valence-corrected chi connectivity index (χ3v) is 3.90. The molecule has 1 aromatic heterocycles. The van der Waals surface area contributed by atoms with Crippen molar-refractivity contribution in [3.05, 3.63) is 33.8 Å². The Kier molecular flexibility index (Phi) is 8.01. The highest BCUT2D eigenvalue weighted by atomic mass is 79.9. The van der Waals surface area contributed by atoms with Gasteiger partial charge in [0.15, 0.2) is 5.82 Å². The van der Waals surface area contributed by atoms with Gasteiger partial charge in [0, 0.05) is 29.8 Å². The van der Waals surface area contributed by atoms with Crippen LogP contribution in [0.5, 0.6) is 0 Å². The summed E-state index contributed by atoms with van der Waals surface area (Å²) in [6.45, 7) is 0.281. The van der Waals surface area contributed by atoms with Crippen LogP contribution in [0.25, 0.3) is 11.3 Å². The fourth-order valence-corrected chi connectivity index (χ4v) is 2.47. The third kappa shape index (κ3) is 5.47. The summed E-state index contributed by atoms with van der Waals surface area (Å²) in [5.41, 5.74) is 6.99. The lowest BCUT2D eigenvalue weighted by molar-refractivity contribution is -0.118. The molecule has 0 aliphatic carbocycles. The van der Waals surface area contributed by atoms with Gasteiger partial charge >= 0.3 is 0 Å².